The summed E-state index contributed by atoms with van der Waals surface area (Å²) in [5.74, 6) is 0. The van der Waals surface area contributed by atoms with Crippen LogP contribution in [0, 0.1) is 48.5 Å². The predicted molar refractivity (Wildman–Crippen MR) is 446 cm³/mol. The van der Waals surface area contributed by atoms with Gasteiger partial charge in [-0.05, 0) is 190 Å². The van der Waals surface area contributed by atoms with Gasteiger partial charge in [-0.15, -0.1) is 0 Å². The van der Waals surface area contributed by atoms with E-state index in [2.05, 4.69) is 330 Å². The van der Waals surface area contributed by atoms with Crippen molar-refractivity contribution in [2.75, 3.05) is 0 Å². The fraction of sp³-hybridized carbons (Fsp3) is 0.0722. The third-order valence-electron chi connectivity index (χ3n) is 19.3. The Labute approximate surface area is 610 Å². The van der Waals surface area contributed by atoms with Crippen molar-refractivity contribution in [1.82, 2.24) is 39.9 Å². The number of aromatic nitrogens is 8. The number of fused-ring (bicyclic) bond motifs is 21. The number of aryl methyl sites for hydroxylation is 7. The summed E-state index contributed by atoms with van der Waals surface area (Å²) in [5.41, 5.74) is 16.6. The van der Waals surface area contributed by atoms with Gasteiger partial charge in [0.1, 0.15) is 0 Å². The zero-order valence-electron chi connectivity index (χ0n) is 59.8. The van der Waals surface area contributed by atoms with Gasteiger partial charge in [-0.1, -0.05) is 248 Å². The van der Waals surface area contributed by atoms with E-state index in [0.29, 0.717) is 0 Å². The minimum absolute atomic E-state index is 0.981. The highest BCUT2D eigenvalue weighted by Gasteiger charge is 2.09. The van der Waals surface area contributed by atoms with Gasteiger partial charge in [0, 0.05) is 92.2 Å². The van der Waals surface area contributed by atoms with Gasteiger partial charge in [-0.3, -0.25) is 39.9 Å². The second-order valence-corrected chi connectivity index (χ2v) is 26.7. The first kappa shape index (κ1) is 67.5. The molecule has 8 aromatic heterocycles. The van der Waals surface area contributed by atoms with E-state index in [9.17, 15) is 0 Å². The summed E-state index contributed by atoms with van der Waals surface area (Å²) in [4.78, 5) is 35.3. The predicted octanol–water partition coefficient (Wildman–Crippen LogP) is 25.3. The molecule has 0 atom stereocenters. The summed E-state index contributed by atoms with van der Waals surface area (Å²) in [7, 11) is 0. The highest BCUT2D eigenvalue weighted by Crippen LogP contribution is 2.32. The molecule has 13 aromatic carbocycles. The van der Waals surface area contributed by atoms with Crippen LogP contribution in [-0.2, 0) is 0 Å². The van der Waals surface area contributed by atoms with Crippen molar-refractivity contribution in [3.63, 3.8) is 0 Å². The SMILES string of the molecule is Cc1cc2cccnc2c2ncccc12.Cc1ccc2c(ccc3ccccc32)c1.Cc1ccc2ccc3ccccc3c2c1.Cc1ccc2ccc3cccnc3c2n1.Cc1cccc2ccc3ccccc3c12.Cc1ccnc2c1ccc1cccnc12.Cc1cnc2c(ccc3cccnc32)c1. The van der Waals surface area contributed by atoms with E-state index in [1.807, 2.05) is 92.8 Å². The molecule has 0 fully saturated rings. The van der Waals surface area contributed by atoms with Crippen molar-refractivity contribution < 1.29 is 0 Å². The molecule has 0 unspecified atom stereocenters. The molecule has 21 rings (SSSR count). The van der Waals surface area contributed by atoms with Gasteiger partial charge < -0.3 is 0 Å². The lowest BCUT2D eigenvalue weighted by Crippen LogP contribution is -1.86. The van der Waals surface area contributed by atoms with Crippen molar-refractivity contribution in [1.29, 1.82) is 0 Å². The molecular weight excluding hydrogens is 1280 g/mol. The Bertz CT molecular complexity index is 6440. The molecule has 0 amide bonds. The van der Waals surface area contributed by atoms with Crippen molar-refractivity contribution >= 4 is 152 Å². The van der Waals surface area contributed by atoms with Crippen LogP contribution in [0.4, 0.5) is 0 Å². The number of hydrogen-bond acceptors (Lipinski definition) is 8. The van der Waals surface area contributed by atoms with Gasteiger partial charge >= 0.3 is 0 Å². The molecule has 0 aliphatic rings. The van der Waals surface area contributed by atoms with Gasteiger partial charge in [0.25, 0.3) is 0 Å². The highest BCUT2D eigenvalue weighted by atomic mass is 14.8. The number of nitrogens with zero attached hydrogens (tertiary/aromatic N) is 8. The third kappa shape index (κ3) is 14.7. The summed E-state index contributed by atoms with van der Waals surface area (Å²) in [6.07, 6.45) is 12.8. The quantitative estimate of drug-likeness (QED) is 0.138. The second-order valence-electron chi connectivity index (χ2n) is 26.7. The van der Waals surface area contributed by atoms with Crippen LogP contribution >= 0.6 is 0 Å². The minimum Gasteiger partial charge on any atom is -0.254 e. The van der Waals surface area contributed by atoms with Crippen LogP contribution in [0.3, 0.4) is 0 Å². The summed E-state index contributed by atoms with van der Waals surface area (Å²) in [5, 5.41) is 25.3. The lowest BCUT2D eigenvalue weighted by atomic mass is 9.99. The smallest absolute Gasteiger partial charge is 0.0967 e. The Hall–Kier alpha value is -13.3. The largest absolute Gasteiger partial charge is 0.254 e. The zero-order valence-corrected chi connectivity index (χ0v) is 59.8. The van der Waals surface area contributed by atoms with Crippen LogP contribution in [0.25, 0.3) is 152 Å². The first-order valence-corrected chi connectivity index (χ1v) is 35.5. The van der Waals surface area contributed by atoms with E-state index in [1.165, 1.54) is 109 Å². The molecule has 0 aliphatic heterocycles. The number of hydrogen-bond donors (Lipinski definition) is 0. The third-order valence-corrected chi connectivity index (χ3v) is 19.3. The van der Waals surface area contributed by atoms with E-state index in [4.69, 9.17) is 0 Å². The Morgan fingerprint density at radius 3 is 1.22 bits per heavy atom. The Balaban J connectivity index is 0.0000000983. The van der Waals surface area contributed by atoms with E-state index in [1.54, 1.807) is 0 Å². The van der Waals surface area contributed by atoms with Crippen molar-refractivity contribution in [3.8, 4) is 0 Å². The molecule has 21 aromatic rings. The molecule has 8 heterocycles. The van der Waals surface area contributed by atoms with Gasteiger partial charge in [0.15, 0.2) is 0 Å². The average Bonchev–Trinajstić information content (AvgIpc) is 0.786. The van der Waals surface area contributed by atoms with Crippen molar-refractivity contribution in [3.05, 3.63) is 374 Å². The Morgan fingerprint density at radius 2 is 0.552 bits per heavy atom. The molecule has 8 nitrogen and oxygen atoms in total. The van der Waals surface area contributed by atoms with E-state index in [0.717, 1.165) is 82.1 Å². The van der Waals surface area contributed by atoms with E-state index in [-0.39, 0.29) is 0 Å². The van der Waals surface area contributed by atoms with Crippen LogP contribution < -0.4 is 0 Å². The van der Waals surface area contributed by atoms with Gasteiger partial charge in [-0.2, -0.15) is 0 Å². The van der Waals surface area contributed by atoms with Crippen LogP contribution in [0.15, 0.2) is 335 Å². The molecule has 8 heteroatoms. The summed E-state index contributed by atoms with van der Waals surface area (Å²) >= 11 is 0. The molecule has 0 N–H and O–H groups in total. The van der Waals surface area contributed by atoms with Crippen LogP contribution in [-0.4, -0.2) is 39.9 Å². The van der Waals surface area contributed by atoms with Gasteiger partial charge in [0.05, 0.1) is 44.1 Å². The maximum absolute atomic E-state index is 4.54. The molecule has 0 saturated heterocycles. The second kappa shape index (κ2) is 30.5. The fourth-order valence-corrected chi connectivity index (χ4v) is 14.0. The summed E-state index contributed by atoms with van der Waals surface area (Å²) < 4.78 is 0. The van der Waals surface area contributed by atoms with Crippen LogP contribution in [0.2, 0.25) is 0 Å². The molecule has 0 radical (unpaired) electrons. The first-order chi connectivity index (χ1) is 51.5. The molecule has 105 heavy (non-hydrogen) atoms. The standard InChI is InChI=1S/3C15H12.4C13H10N2/c1-11-5-4-7-13-10-9-12-6-2-3-8-14(12)15(11)13;1-11-6-9-15-13(10-11)8-7-12-4-2-3-5-14(12)15;1-11-6-7-13-9-8-12-4-2-3-5-14(12)15(13)10-11;1-9-8-10-4-2-6-14-12(10)13-11(9)5-3-7-15-13;1-9-4-5-11-7-6-10-3-2-8-14-12(10)13(11)15-9;1-9-6-8-15-13-11(9)5-4-10-3-2-7-14-12(10)13;1-9-7-11-5-4-10-3-2-6-14-12(10)13(11)15-8-9/h3*2-10H,1H3;4*2-8H,1H3. The average molecular weight is 1350 g/mol. The first-order valence-electron chi connectivity index (χ1n) is 35.5. The summed E-state index contributed by atoms with van der Waals surface area (Å²) in [6.45, 7) is 14.7. The molecule has 0 spiro atoms. The number of pyridine rings is 8. The fourth-order valence-electron chi connectivity index (χ4n) is 14.0. The Morgan fingerprint density at radius 1 is 0.181 bits per heavy atom. The molecule has 0 saturated carbocycles. The maximum Gasteiger partial charge on any atom is 0.0967 e. The van der Waals surface area contributed by atoms with E-state index >= 15 is 0 Å². The van der Waals surface area contributed by atoms with Gasteiger partial charge in [-0.25, -0.2) is 0 Å². The maximum atomic E-state index is 4.54. The monoisotopic (exact) mass is 1350 g/mol. The van der Waals surface area contributed by atoms with E-state index < -0.39 is 0 Å². The van der Waals surface area contributed by atoms with Gasteiger partial charge in [0.2, 0.25) is 0 Å². The van der Waals surface area contributed by atoms with Crippen molar-refractivity contribution in [2.24, 2.45) is 0 Å². The number of rotatable bonds is 0. The Kier molecular flexibility index (Phi) is 19.6. The number of benzene rings is 13. The molecular formula is C97H76N8. The molecule has 0 bridgehead atoms. The summed E-state index contributed by atoms with van der Waals surface area (Å²) in [6, 6.07) is 102. The normalized spacial score (nSPS) is 11.0. The van der Waals surface area contributed by atoms with Crippen LogP contribution in [0.1, 0.15) is 39.1 Å². The molecule has 504 valence electrons. The lowest BCUT2D eigenvalue weighted by molar-refractivity contribution is 1.25. The zero-order chi connectivity index (χ0) is 71.8. The minimum atomic E-state index is 0.981. The van der Waals surface area contributed by atoms with Crippen LogP contribution in [0.5, 0.6) is 0 Å². The topological polar surface area (TPSA) is 103 Å². The lowest BCUT2D eigenvalue weighted by Gasteiger charge is -2.06. The molecule has 0 aliphatic carbocycles. The van der Waals surface area contributed by atoms with Crippen molar-refractivity contribution in [2.45, 2.75) is 48.5 Å². The highest BCUT2D eigenvalue weighted by molar-refractivity contribution is 6.11.